The van der Waals surface area contributed by atoms with Crippen LogP contribution in [0.1, 0.15) is 21.5 Å². The maximum atomic E-state index is 11.3. The highest BCUT2D eigenvalue weighted by molar-refractivity contribution is 5.74. The first-order chi connectivity index (χ1) is 10.2. The van der Waals surface area contributed by atoms with Crippen molar-refractivity contribution in [3.8, 4) is 0 Å². The largest absolute Gasteiger partial charge is 0.465 e. The molecule has 21 heavy (non-hydrogen) atoms. The van der Waals surface area contributed by atoms with E-state index in [1.807, 2.05) is 42.5 Å². The predicted molar refractivity (Wildman–Crippen MR) is 80.4 cm³/mol. The van der Waals surface area contributed by atoms with Gasteiger partial charge in [0.05, 0.1) is 0 Å². The van der Waals surface area contributed by atoms with Crippen LogP contribution in [0.5, 0.6) is 0 Å². The topological polar surface area (TPSA) is 57.6 Å². The smallest absolute Gasteiger partial charge is 0.407 e. The molecule has 0 saturated carbocycles. The summed E-state index contributed by atoms with van der Waals surface area (Å²) < 4.78 is 0. The van der Waals surface area contributed by atoms with Crippen LogP contribution < -0.4 is 0 Å². The van der Waals surface area contributed by atoms with E-state index in [4.69, 9.17) is 0 Å². The van der Waals surface area contributed by atoms with E-state index in [0.29, 0.717) is 25.1 Å². The number of carboxylic acid groups (broad SMARTS) is 1. The summed E-state index contributed by atoms with van der Waals surface area (Å²) in [7, 11) is 0. The fourth-order valence-electron chi connectivity index (χ4n) is 2.07. The van der Waals surface area contributed by atoms with Gasteiger partial charge in [-0.3, -0.25) is 4.79 Å². The summed E-state index contributed by atoms with van der Waals surface area (Å²) in [6, 6.07) is 16.7. The monoisotopic (exact) mass is 283 g/mol. The van der Waals surface area contributed by atoms with Crippen LogP contribution in [0, 0.1) is 0 Å². The van der Waals surface area contributed by atoms with Gasteiger partial charge < -0.3 is 10.0 Å². The molecular weight excluding hydrogens is 266 g/mol. The second-order valence-electron chi connectivity index (χ2n) is 4.80. The van der Waals surface area contributed by atoms with Crippen LogP contribution in [0.15, 0.2) is 54.6 Å². The van der Waals surface area contributed by atoms with E-state index < -0.39 is 6.09 Å². The van der Waals surface area contributed by atoms with E-state index in [1.165, 1.54) is 4.90 Å². The Hall–Kier alpha value is -2.62. The van der Waals surface area contributed by atoms with Crippen molar-refractivity contribution in [2.24, 2.45) is 0 Å². The quantitative estimate of drug-likeness (QED) is 0.828. The first kappa shape index (κ1) is 14.8. The van der Waals surface area contributed by atoms with Gasteiger partial charge in [-0.05, 0) is 17.5 Å². The van der Waals surface area contributed by atoms with Gasteiger partial charge in [0, 0.05) is 18.7 Å². The third kappa shape index (κ3) is 4.45. The molecule has 0 bridgehead atoms. The van der Waals surface area contributed by atoms with Crippen LogP contribution in [0.4, 0.5) is 4.79 Å². The van der Waals surface area contributed by atoms with Crippen molar-refractivity contribution in [2.75, 3.05) is 6.54 Å². The summed E-state index contributed by atoms with van der Waals surface area (Å²) >= 11 is 0. The van der Waals surface area contributed by atoms with E-state index in [0.717, 1.165) is 17.4 Å². The summed E-state index contributed by atoms with van der Waals surface area (Å²) in [5, 5.41) is 9.27. The Morgan fingerprint density at radius 2 is 1.67 bits per heavy atom. The van der Waals surface area contributed by atoms with Crippen LogP contribution in [0.3, 0.4) is 0 Å². The Kier molecular flexibility index (Phi) is 5.10. The van der Waals surface area contributed by atoms with Crippen LogP contribution in [0.25, 0.3) is 0 Å². The first-order valence-electron chi connectivity index (χ1n) is 6.75. The van der Waals surface area contributed by atoms with Crippen LogP contribution in [-0.2, 0) is 13.0 Å². The van der Waals surface area contributed by atoms with Gasteiger partial charge in [-0.1, -0.05) is 54.6 Å². The lowest BCUT2D eigenvalue weighted by atomic mass is 10.1. The van der Waals surface area contributed by atoms with Crippen molar-refractivity contribution < 1.29 is 14.7 Å². The molecule has 108 valence electrons. The van der Waals surface area contributed by atoms with Gasteiger partial charge in [0.2, 0.25) is 0 Å². The molecule has 0 saturated heterocycles. The summed E-state index contributed by atoms with van der Waals surface area (Å²) in [5.41, 5.74) is 2.61. The van der Waals surface area contributed by atoms with Gasteiger partial charge in [-0.25, -0.2) is 4.79 Å². The number of carbonyl (C=O) groups excluding carboxylic acids is 1. The second-order valence-corrected chi connectivity index (χ2v) is 4.80. The standard InChI is InChI=1S/C17H17NO3/c19-13-16-8-6-14(7-9-16)10-11-18(17(20)21)12-15-4-2-1-3-5-15/h1-9,13H,10-12H2,(H,20,21). The Morgan fingerprint density at radius 1 is 1.00 bits per heavy atom. The fourth-order valence-corrected chi connectivity index (χ4v) is 2.07. The van der Waals surface area contributed by atoms with Gasteiger partial charge in [0.15, 0.2) is 0 Å². The number of amides is 1. The fraction of sp³-hybridized carbons (Fsp3) is 0.176. The number of carbonyl (C=O) groups is 2. The van der Waals surface area contributed by atoms with Crippen LogP contribution >= 0.6 is 0 Å². The first-order valence-corrected chi connectivity index (χ1v) is 6.75. The molecule has 0 spiro atoms. The van der Waals surface area contributed by atoms with Crippen molar-refractivity contribution in [1.82, 2.24) is 4.90 Å². The summed E-state index contributed by atoms with van der Waals surface area (Å²) in [4.78, 5) is 23.3. The number of hydrogen-bond acceptors (Lipinski definition) is 2. The number of nitrogens with zero attached hydrogens (tertiary/aromatic N) is 1. The predicted octanol–water partition coefficient (Wildman–Crippen LogP) is 3.22. The normalized spacial score (nSPS) is 10.1. The van der Waals surface area contributed by atoms with Crippen molar-refractivity contribution in [3.63, 3.8) is 0 Å². The molecule has 0 unspecified atom stereocenters. The molecular formula is C17H17NO3. The third-order valence-electron chi connectivity index (χ3n) is 3.27. The van der Waals surface area contributed by atoms with Gasteiger partial charge in [0.1, 0.15) is 6.29 Å². The zero-order chi connectivity index (χ0) is 15.1. The zero-order valence-corrected chi connectivity index (χ0v) is 11.6. The van der Waals surface area contributed by atoms with Gasteiger partial charge in [-0.2, -0.15) is 0 Å². The summed E-state index contributed by atoms with van der Waals surface area (Å²) in [5.74, 6) is 0. The van der Waals surface area contributed by atoms with E-state index in [2.05, 4.69) is 0 Å². The van der Waals surface area contributed by atoms with Crippen LogP contribution in [0.2, 0.25) is 0 Å². The highest BCUT2D eigenvalue weighted by Gasteiger charge is 2.12. The maximum absolute atomic E-state index is 11.3. The molecule has 0 radical (unpaired) electrons. The Labute approximate surface area is 123 Å². The number of rotatable bonds is 6. The van der Waals surface area contributed by atoms with Crippen molar-refractivity contribution in [1.29, 1.82) is 0 Å². The Balaban J connectivity index is 1.96. The summed E-state index contributed by atoms with van der Waals surface area (Å²) in [6.07, 6.45) is 0.490. The summed E-state index contributed by atoms with van der Waals surface area (Å²) in [6.45, 7) is 0.799. The van der Waals surface area contributed by atoms with E-state index in [1.54, 1.807) is 12.1 Å². The molecule has 0 fully saturated rings. The molecule has 0 heterocycles. The van der Waals surface area contributed by atoms with Gasteiger partial charge >= 0.3 is 6.09 Å². The van der Waals surface area contributed by atoms with E-state index in [9.17, 15) is 14.7 Å². The highest BCUT2D eigenvalue weighted by Crippen LogP contribution is 2.08. The van der Waals surface area contributed by atoms with E-state index >= 15 is 0 Å². The molecule has 0 aliphatic rings. The number of aldehydes is 1. The van der Waals surface area contributed by atoms with Crippen molar-refractivity contribution in [3.05, 3.63) is 71.3 Å². The minimum absolute atomic E-state index is 0.378. The SMILES string of the molecule is O=Cc1ccc(CCN(Cc2ccccc2)C(=O)O)cc1. The molecule has 4 heteroatoms. The maximum Gasteiger partial charge on any atom is 0.407 e. The Morgan fingerprint density at radius 3 is 2.24 bits per heavy atom. The molecule has 0 atom stereocenters. The molecule has 2 aromatic carbocycles. The number of hydrogen-bond donors (Lipinski definition) is 1. The van der Waals surface area contributed by atoms with Gasteiger partial charge in [0.25, 0.3) is 0 Å². The van der Waals surface area contributed by atoms with E-state index in [-0.39, 0.29) is 0 Å². The molecule has 1 N–H and O–H groups in total. The Bertz CT molecular complexity index is 593. The lowest BCUT2D eigenvalue weighted by Gasteiger charge is -2.19. The van der Waals surface area contributed by atoms with Crippen LogP contribution in [-0.4, -0.2) is 28.9 Å². The molecule has 0 aliphatic heterocycles. The molecule has 2 aromatic rings. The second kappa shape index (κ2) is 7.24. The molecule has 0 aromatic heterocycles. The molecule has 0 aliphatic carbocycles. The molecule has 2 rings (SSSR count). The minimum atomic E-state index is -0.927. The molecule has 1 amide bonds. The minimum Gasteiger partial charge on any atom is -0.465 e. The van der Waals surface area contributed by atoms with Crippen molar-refractivity contribution in [2.45, 2.75) is 13.0 Å². The lowest BCUT2D eigenvalue weighted by Crippen LogP contribution is -2.30. The zero-order valence-electron chi connectivity index (χ0n) is 11.6. The molecule has 4 nitrogen and oxygen atoms in total. The average molecular weight is 283 g/mol. The third-order valence-corrected chi connectivity index (χ3v) is 3.27. The lowest BCUT2D eigenvalue weighted by molar-refractivity contribution is 0.112. The van der Waals surface area contributed by atoms with Crippen molar-refractivity contribution >= 4 is 12.4 Å². The average Bonchev–Trinajstić information content (AvgIpc) is 2.52. The number of benzene rings is 2. The van der Waals surface area contributed by atoms with Gasteiger partial charge in [-0.15, -0.1) is 0 Å². The highest BCUT2D eigenvalue weighted by atomic mass is 16.4.